The van der Waals surface area contributed by atoms with Crippen molar-refractivity contribution in [1.29, 1.82) is 0 Å². The van der Waals surface area contributed by atoms with Gasteiger partial charge in [0.2, 0.25) is 0 Å². The summed E-state index contributed by atoms with van der Waals surface area (Å²) in [6.45, 7) is 4.93. The van der Waals surface area contributed by atoms with E-state index >= 15 is 0 Å². The summed E-state index contributed by atoms with van der Waals surface area (Å²) in [6.07, 6.45) is 6.08. The summed E-state index contributed by atoms with van der Waals surface area (Å²) in [5, 5.41) is 5.43. The van der Waals surface area contributed by atoms with E-state index < -0.39 is 0 Å². The van der Waals surface area contributed by atoms with Gasteiger partial charge in [-0.05, 0) is 43.7 Å². The smallest absolute Gasteiger partial charge is 0.114 e. The summed E-state index contributed by atoms with van der Waals surface area (Å²) in [5.74, 6) is 0. The Labute approximate surface area is 161 Å². The average Bonchev–Trinajstić information content (AvgIpc) is 3.32. The van der Waals surface area contributed by atoms with Crippen molar-refractivity contribution < 1.29 is 0 Å². The van der Waals surface area contributed by atoms with E-state index in [1.54, 1.807) is 11.3 Å². The average molecular weight is 373 g/mol. The second-order valence-corrected chi connectivity index (χ2v) is 8.06. The van der Waals surface area contributed by atoms with Crippen molar-refractivity contribution in [1.82, 2.24) is 24.3 Å². The third kappa shape index (κ3) is 2.82. The molecule has 5 rings (SSSR count). The maximum Gasteiger partial charge on any atom is 0.114 e. The van der Waals surface area contributed by atoms with Gasteiger partial charge in [0.15, 0.2) is 0 Å². The normalized spacial score (nSPS) is 11.7. The van der Waals surface area contributed by atoms with E-state index in [1.165, 1.54) is 10.3 Å². The minimum atomic E-state index is 0.752. The molecule has 0 amide bonds. The number of aryl methyl sites for hydroxylation is 2. The van der Waals surface area contributed by atoms with Crippen LogP contribution in [-0.4, -0.2) is 24.3 Å². The van der Waals surface area contributed by atoms with Gasteiger partial charge in [-0.2, -0.15) is 5.10 Å². The van der Waals surface area contributed by atoms with E-state index in [2.05, 4.69) is 66.2 Å². The Bertz CT molecular complexity index is 1240. The molecule has 0 atom stereocenters. The number of hydrogen-bond acceptors (Lipinski definition) is 4. The van der Waals surface area contributed by atoms with Gasteiger partial charge < -0.3 is 4.57 Å². The van der Waals surface area contributed by atoms with Crippen molar-refractivity contribution in [3.05, 3.63) is 65.2 Å². The van der Waals surface area contributed by atoms with Crippen molar-refractivity contribution in [3.8, 4) is 22.5 Å². The lowest BCUT2D eigenvalue weighted by molar-refractivity contribution is 0.740. The van der Waals surface area contributed by atoms with Crippen LogP contribution in [0, 0.1) is 13.8 Å². The maximum atomic E-state index is 4.82. The lowest BCUT2D eigenvalue weighted by Crippen LogP contribution is -2.00. The van der Waals surface area contributed by atoms with E-state index in [4.69, 9.17) is 9.97 Å². The highest BCUT2D eigenvalue weighted by molar-refractivity contribution is 7.18. The molecule has 0 spiro atoms. The molecule has 0 unspecified atom stereocenters. The molecule has 134 valence electrons. The summed E-state index contributed by atoms with van der Waals surface area (Å²) < 4.78 is 5.27. The topological polar surface area (TPSA) is 48.5 Å². The fourth-order valence-electron chi connectivity index (χ4n) is 3.35. The first-order valence-corrected chi connectivity index (χ1v) is 9.70. The Hall–Kier alpha value is -2.99. The number of hydrogen-bond donors (Lipinski definition) is 0. The Morgan fingerprint density at radius 3 is 2.74 bits per heavy atom. The van der Waals surface area contributed by atoms with Crippen LogP contribution in [0.5, 0.6) is 0 Å². The van der Waals surface area contributed by atoms with Gasteiger partial charge in [-0.15, -0.1) is 11.3 Å². The van der Waals surface area contributed by atoms with Crippen molar-refractivity contribution in [2.45, 2.75) is 20.4 Å². The third-order valence-electron chi connectivity index (χ3n) is 4.98. The van der Waals surface area contributed by atoms with Gasteiger partial charge in [0, 0.05) is 36.3 Å². The van der Waals surface area contributed by atoms with Gasteiger partial charge in [0.1, 0.15) is 5.01 Å². The number of nitrogens with zero attached hydrogens (tertiary/aromatic N) is 5. The van der Waals surface area contributed by atoms with Crippen molar-refractivity contribution in [2.24, 2.45) is 7.05 Å². The van der Waals surface area contributed by atoms with E-state index in [9.17, 15) is 0 Å². The second kappa shape index (κ2) is 6.03. The molecule has 1 aromatic carbocycles. The van der Waals surface area contributed by atoms with Gasteiger partial charge >= 0.3 is 0 Å². The van der Waals surface area contributed by atoms with Gasteiger partial charge in [-0.1, -0.05) is 6.07 Å². The summed E-state index contributed by atoms with van der Waals surface area (Å²) >= 11 is 1.76. The Balaban J connectivity index is 1.49. The molecule has 0 bridgehead atoms. The highest BCUT2D eigenvalue weighted by Gasteiger charge is 2.15. The van der Waals surface area contributed by atoms with Crippen LogP contribution in [-0.2, 0) is 13.6 Å². The van der Waals surface area contributed by atoms with Gasteiger partial charge in [-0.3, -0.25) is 4.68 Å². The summed E-state index contributed by atoms with van der Waals surface area (Å²) in [7, 11) is 1.95. The van der Waals surface area contributed by atoms with E-state index in [0.29, 0.717) is 0 Å². The quantitative estimate of drug-likeness (QED) is 0.462. The van der Waals surface area contributed by atoms with E-state index in [-0.39, 0.29) is 0 Å². The number of aromatic nitrogens is 5. The van der Waals surface area contributed by atoms with E-state index in [0.717, 1.165) is 45.3 Å². The van der Waals surface area contributed by atoms with Crippen molar-refractivity contribution in [3.63, 3.8) is 0 Å². The second-order valence-electron chi connectivity index (χ2n) is 6.95. The molecule has 5 nitrogen and oxygen atoms in total. The molecule has 2 aliphatic heterocycles. The summed E-state index contributed by atoms with van der Waals surface area (Å²) in [5.41, 5.74) is 7.66. The largest absolute Gasteiger partial charge is 0.345 e. The van der Waals surface area contributed by atoms with Crippen LogP contribution in [0.3, 0.4) is 0 Å². The molecule has 2 aliphatic rings. The molecule has 0 saturated heterocycles. The van der Waals surface area contributed by atoms with Crippen LogP contribution >= 0.6 is 11.3 Å². The lowest BCUT2D eigenvalue weighted by Gasteiger charge is -2.06. The first-order chi connectivity index (χ1) is 13.1. The molecular formula is C21H19N5S. The van der Waals surface area contributed by atoms with Gasteiger partial charge in [0.25, 0.3) is 0 Å². The number of thiazole rings is 1. The van der Waals surface area contributed by atoms with Crippen molar-refractivity contribution in [2.75, 3.05) is 0 Å². The predicted molar refractivity (Wildman–Crippen MR) is 109 cm³/mol. The first-order valence-electron chi connectivity index (χ1n) is 8.88. The third-order valence-corrected chi connectivity index (χ3v) is 5.98. The van der Waals surface area contributed by atoms with Crippen LogP contribution in [0.1, 0.15) is 16.3 Å². The fraction of sp³-hybridized carbons (Fsp3) is 0.190. The van der Waals surface area contributed by atoms with Crippen molar-refractivity contribution >= 4 is 21.6 Å². The Kier molecular flexibility index (Phi) is 3.62. The van der Waals surface area contributed by atoms with Gasteiger partial charge in [-0.25, -0.2) is 9.97 Å². The molecule has 0 fully saturated rings. The zero-order valence-corrected chi connectivity index (χ0v) is 16.3. The fourth-order valence-corrected chi connectivity index (χ4v) is 4.43. The number of pyridine rings is 1. The molecule has 0 aliphatic carbocycles. The molecule has 0 saturated carbocycles. The summed E-state index contributed by atoms with van der Waals surface area (Å²) in [6, 6.07) is 10.7. The van der Waals surface area contributed by atoms with Crippen LogP contribution in [0.4, 0.5) is 0 Å². The SMILES string of the molecule is Cc1ccc2nc(Cn3ccc4cc(-c5cnn(C)c5C)nc-4c3)sc2c1. The predicted octanol–water partition coefficient (Wildman–Crippen LogP) is 4.66. The number of benzene rings is 1. The Morgan fingerprint density at radius 2 is 1.93 bits per heavy atom. The standard InChI is InChI=1S/C21H19N5S/c1-13-4-5-17-20(8-13)27-21(24-17)12-26-7-6-15-9-18(23-19(15)11-26)16-10-22-25(3)14(16)2/h4-11H,12H2,1-3H3. The molecule has 3 aromatic rings. The molecule has 0 radical (unpaired) electrons. The van der Waals surface area contributed by atoms with Gasteiger partial charge in [0.05, 0.1) is 34.3 Å². The number of rotatable bonds is 3. The molecule has 27 heavy (non-hydrogen) atoms. The van der Waals surface area contributed by atoms with Crippen LogP contribution in [0.25, 0.3) is 32.7 Å². The summed E-state index contributed by atoms with van der Waals surface area (Å²) in [4.78, 5) is 9.59. The van der Waals surface area contributed by atoms with Crippen LogP contribution in [0.2, 0.25) is 0 Å². The number of fused-ring (bicyclic) bond motifs is 2. The van der Waals surface area contributed by atoms with E-state index in [1.807, 2.05) is 17.9 Å². The minimum Gasteiger partial charge on any atom is -0.345 e. The monoisotopic (exact) mass is 373 g/mol. The Morgan fingerprint density at radius 1 is 1.04 bits per heavy atom. The molecule has 6 heteroatoms. The highest BCUT2D eigenvalue weighted by atomic mass is 32.1. The zero-order chi connectivity index (χ0) is 18.5. The molecular weight excluding hydrogens is 354 g/mol. The first kappa shape index (κ1) is 16.2. The van der Waals surface area contributed by atoms with Crippen LogP contribution < -0.4 is 0 Å². The minimum absolute atomic E-state index is 0.752. The maximum absolute atomic E-state index is 4.82. The lowest BCUT2D eigenvalue weighted by atomic mass is 10.1. The zero-order valence-electron chi connectivity index (χ0n) is 15.5. The molecule has 0 N–H and O–H groups in total. The molecule has 2 aromatic heterocycles. The van der Waals surface area contributed by atoms with Crippen LogP contribution in [0.15, 0.2) is 48.9 Å². The highest BCUT2D eigenvalue weighted by Crippen LogP contribution is 2.30. The molecule has 4 heterocycles.